The van der Waals surface area contributed by atoms with E-state index in [0.29, 0.717) is 0 Å². The molecule has 1 aliphatic carbocycles. The SMILES string of the molecule is CC(C)(C)c1cncc(NC(=O)C2CC2)c1. The van der Waals surface area contributed by atoms with Crippen molar-refractivity contribution in [3.63, 3.8) is 0 Å². The number of amides is 1. The third kappa shape index (κ3) is 2.60. The van der Waals surface area contributed by atoms with E-state index in [1.54, 1.807) is 6.20 Å². The van der Waals surface area contributed by atoms with E-state index < -0.39 is 0 Å². The highest BCUT2D eigenvalue weighted by Gasteiger charge is 2.29. The van der Waals surface area contributed by atoms with Crippen molar-refractivity contribution in [2.45, 2.75) is 39.0 Å². The van der Waals surface area contributed by atoms with Gasteiger partial charge in [0.25, 0.3) is 0 Å². The molecule has 0 atom stereocenters. The molecule has 1 fully saturated rings. The molecule has 0 radical (unpaired) electrons. The summed E-state index contributed by atoms with van der Waals surface area (Å²) in [4.78, 5) is 15.8. The molecule has 0 aliphatic heterocycles. The second-order valence-corrected chi connectivity index (χ2v) is 5.48. The van der Waals surface area contributed by atoms with Crippen molar-refractivity contribution >= 4 is 11.6 Å². The van der Waals surface area contributed by atoms with Crippen molar-refractivity contribution in [2.75, 3.05) is 5.32 Å². The Hall–Kier alpha value is -1.38. The van der Waals surface area contributed by atoms with Gasteiger partial charge in [0.2, 0.25) is 5.91 Å². The molecule has 2 rings (SSSR count). The van der Waals surface area contributed by atoms with Crippen molar-refractivity contribution in [3.8, 4) is 0 Å². The Labute approximate surface area is 96.3 Å². The minimum Gasteiger partial charge on any atom is -0.324 e. The number of nitrogens with one attached hydrogen (secondary N) is 1. The largest absolute Gasteiger partial charge is 0.324 e. The van der Waals surface area contributed by atoms with E-state index in [4.69, 9.17) is 0 Å². The van der Waals surface area contributed by atoms with E-state index in [2.05, 4.69) is 31.1 Å². The molecule has 1 heterocycles. The lowest BCUT2D eigenvalue weighted by Crippen LogP contribution is -2.16. The Kier molecular flexibility index (Phi) is 2.70. The normalized spacial score (nSPS) is 15.9. The summed E-state index contributed by atoms with van der Waals surface area (Å²) in [5, 5.41) is 2.91. The molecule has 1 saturated carbocycles. The molecule has 0 bridgehead atoms. The van der Waals surface area contributed by atoms with Crippen LogP contribution in [0.2, 0.25) is 0 Å². The van der Waals surface area contributed by atoms with Crippen molar-refractivity contribution < 1.29 is 4.79 Å². The molecule has 16 heavy (non-hydrogen) atoms. The van der Waals surface area contributed by atoms with E-state index in [1.807, 2.05) is 12.3 Å². The maximum absolute atomic E-state index is 11.6. The maximum atomic E-state index is 11.6. The summed E-state index contributed by atoms with van der Waals surface area (Å²) in [7, 11) is 0. The standard InChI is InChI=1S/C13H18N2O/c1-13(2,3)10-6-11(8-14-7-10)15-12(16)9-4-5-9/h6-9H,4-5H2,1-3H3,(H,15,16). The third-order valence-corrected chi connectivity index (χ3v) is 2.82. The van der Waals surface area contributed by atoms with Gasteiger partial charge < -0.3 is 5.32 Å². The molecule has 0 saturated heterocycles. The first-order valence-electron chi connectivity index (χ1n) is 5.73. The first-order chi connectivity index (χ1) is 7.47. The lowest BCUT2D eigenvalue weighted by molar-refractivity contribution is -0.117. The zero-order valence-electron chi connectivity index (χ0n) is 10.1. The van der Waals surface area contributed by atoms with E-state index in [-0.39, 0.29) is 17.2 Å². The molecule has 0 unspecified atom stereocenters. The lowest BCUT2D eigenvalue weighted by atomic mass is 9.88. The molecule has 0 spiro atoms. The Balaban J connectivity index is 2.12. The molecule has 1 aromatic heterocycles. The van der Waals surface area contributed by atoms with Gasteiger partial charge in [0.15, 0.2) is 0 Å². The van der Waals surface area contributed by atoms with Gasteiger partial charge in [-0.25, -0.2) is 0 Å². The fraction of sp³-hybridized carbons (Fsp3) is 0.538. The number of hydrogen-bond acceptors (Lipinski definition) is 2. The van der Waals surface area contributed by atoms with Gasteiger partial charge in [-0.2, -0.15) is 0 Å². The third-order valence-electron chi connectivity index (χ3n) is 2.82. The average molecular weight is 218 g/mol. The number of carbonyl (C=O) groups excluding carboxylic acids is 1. The van der Waals surface area contributed by atoms with E-state index in [1.165, 1.54) is 0 Å². The van der Waals surface area contributed by atoms with Crippen LogP contribution in [0, 0.1) is 5.92 Å². The summed E-state index contributed by atoms with van der Waals surface area (Å²) < 4.78 is 0. The molecule has 1 N–H and O–H groups in total. The smallest absolute Gasteiger partial charge is 0.227 e. The van der Waals surface area contributed by atoms with Gasteiger partial charge >= 0.3 is 0 Å². The van der Waals surface area contributed by atoms with Crippen molar-refractivity contribution in [3.05, 3.63) is 24.0 Å². The average Bonchev–Trinajstić information content (AvgIpc) is 2.99. The highest BCUT2D eigenvalue weighted by molar-refractivity contribution is 5.93. The van der Waals surface area contributed by atoms with Crippen LogP contribution in [-0.4, -0.2) is 10.9 Å². The minimum absolute atomic E-state index is 0.0628. The summed E-state index contributed by atoms with van der Waals surface area (Å²) in [5.41, 5.74) is 2.01. The number of rotatable bonds is 2. The second-order valence-electron chi connectivity index (χ2n) is 5.48. The molecule has 3 nitrogen and oxygen atoms in total. The van der Waals surface area contributed by atoms with E-state index in [0.717, 1.165) is 24.1 Å². The summed E-state index contributed by atoms with van der Waals surface area (Å²) in [6, 6.07) is 2.01. The first-order valence-corrected chi connectivity index (χ1v) is 5.73. The first kappa shape index (κ1) is 11.1. The van der Waals surface area contributed by atoms with Crippen LogP contribution in [0.3, 0.4) is 0 Å². The topological polar surface area (TPSA) is 42.0 Å². The summed E-state index contributed by atoms with van der Waals surface area (Å²) >= 11 is 0. The van der Waals surface area contributed by atoms with Crippen molar-refractivity contribution in [1.29, 1.82) is 0 Å². The summed E-state index contributed by atoms with van der Waals surface area (Å²) in [6.07, 6.45) is 5.61. The van der Waals surface area contributed by atoms with Crippen LogP contribution in [0.25, 0.3) is 0 Å². The van der Waals surface area contributed by atoms with Crippen LogP contribution < -0.4 is 5.32 Å². The van der Waals surface area contributed by atoms with Gasteiger partial charge in [-0.3, -0.25) is 9.78 Å². The number of carbonyl (C=O) groups is 1. The fourth-order valence-corrected chi connectivity index (χ4v) is 1.51. The highest BCUT2D eigenvalue weighted by atomic mass is 16.2. The Morgan fingerprint density at radius 2 is 2.06 bits per heavy atom. The highest BCUT2D eigenvalue weighted by Crippen LogP contribution is 2.30. The number of anilines is 1. The molecule has 1 aliphatic rings. The van der Waals surface area contributed by atoms with Crippen LogP contribution in [-0.2, 0) is 10.2 Å². The zero-order chi connectivity index (χ0) is 11.8. The van der Waals surface area contributed by atoms with Gasteiger partial charge in [-0.1, -0.05) is 20.8 Å². The Morgan fingerprint density at radius 1 is 1.38 bits per heavy atom. The molecule has 86 valence electrons. The molecular weight excluding hydrogens is 200 g/mol. The summed E-state index contributed by atoms with van der Waals surface area (Å²) in [5.74, 6) is 0.367. The Morgan fingerprint density at radius 3 is 2.62 bits per heavy atom. The van der Waals surface area contributed by atoms with Gasteiger partial charge in [0.1, 0.15) is 0 Å². The van der Waals surface area contributed by atoms with Gasteiger partial charge in [-0.05, 0) is 29.9 Å². The quantitative estimate of drug-likeness (QED) is 0.829. The van der Waals surface area contributed by atoms with Crippen LogP contribution in [0.1, 0.15) is 39.2 Å². The maximum Gasteiger partial charge on any atom is 0.227 e. The van der Waals surface area contributed by atoms with E-state index in [9.17, 15) is 4.79 Å². The molecular formula is C13H18N2O. The van der Waals surface area contributed by atoms with Crippen LogP contribution in [0.4, 0.5) is 5.69 Å². The van der Waals surface area contributed by atoms with Crippen molar-refractivity contribution in [2.24, 2.45) is 5.92 Å². The second kappa shape index (κ2) is 3.89. The van der Waals surface area contributed by atoms with Gasteiger partial charge in [-0.15, -0.1) is 0 Å². The molecule has 1 aromatic rings. The van der Waals surface area contributed by atoms with Gasteiger partial charge in [0.05, 0.1) is 11.9 Å². The van der Waals surface area contributed by atoms with Crippen LogP contribution in [0.5, 0.6) is 0 Å². The van der Waals surface area contributed by atoms with Crippen LogP contribution in [0.15, 0.2) is 18.5 Å². The number of pyridine rings is 1. The fourth-order valence-electron chi connectivity index (χ4n) is 1.51. The zero-order valence-corrected chi connectivity index (χ0v) is 10.1. The predicted octanol–water partition coefficient (Wildman–Crippen LogP) is 2.73. The van der Waals surface area contributed by atoms with Crippen LogP contribution >= 0.6 is 0 Å². The predicted molar refractivity (Wildman–Crippen MR) is 64.3 cm³/mol. The molecule has 1 amide bonds. The van der Waals surface area contributed by atoms with E-state index >= 15 is 0 Å². The molecule has 3 heteroatoms. The Bertz CT molecular complexity index is 403. The van der Waals surface area contributed by atoms with Gasteiger partial charge in [0, 0.05) is 12.1 Å². The number of nitrogens with zero attached hydrogens (tertiary/aromatic N) is 1. The number of hydrogen-bond donors (Lipinski definition) is 1. The minimum atomic E-state index is 0.0628. The molecule has 0 aromatic carbocycles. The monoisotopic (exact) mass is 218 g/mol. The lowest BCUT2D eigenvalue weighted by Gasteiger charge is -2.19. The summed E-state index contributed by atoms with van der Waals surface area (Å²) in [6.45, 7) is 6.41. The van der Waals surface area contributed by atoms with Crippen molar-refractivity contribution in [1.82, 2.24) is 4.98 Å². The number of aromatic nitrogens is 1.